The van der Waals surface area contributed by atoms with Crippen molar-refractivity contribution in [2.45, 2.75) is 18.9 Å². The van der Waals surface area contributed by atoms with Gasteiger partial charge in [0.2, 0.25) is 0 Å². The predicted molar refractivity (Wildman–Crippen MR) is 109 cm³/mol. The lowest BCUT2D eigenvalue weighted by Crippen LogP contribution is -2.36. The van der Waals surface area contributed by atoms with E-state index in [0.29, 0.717) is 17.3 Å². The molecule has 0 aromatic heterocycles. The maximum Gasteiger partial charge on any atom is 0.319 e. The molecule has 0 spiro atoms. The van der Waals surface area contributed by atoms with Crippen molar-refractivity contribution in [1.82, 2.24) is 5.32 Å². The Kier molecular flexibility index (Phi) is 5.43. The minimum absolute atomic E-state index is 0.187. The van der Waals surface area contributed by atoms with E-state index in [2.05, 4.69) is 20.9 Å². The molecule has 0 radical (unpaired) electrons. The summed E-state index contributed by atoms with van der Waals surface area (Å²) in [6.07, 6.45) is 2.08. The van der Waals surface area contributed by atoms with Gasteiger partial charge in [0.1, 0.15) is 0 Å². The van der Waals surface area contributed by atoms with E-state index in [0.717, 1.165) is 50.5 Å². The van der Waals surface area contributed by atoms with E-state index >= 15 is 0 Å². The quantitative estimate of drug-likeness (QED) is 0.745. The Morgan fingerprint density at radius 3 is 2.39 bits per heavy atom. The van der Waals surface area contributed by atoms with Gasteiger partial charge in [-0.1, -0.05) is 6.07 Å². The fraction of sp³-hybridized carbons (Fsp3) is 0.333. The number of carbonyl (C=O) groups is 2. The number of urea groups is 1. The lowest BCUT2D eigenvalue weighted by molar-refractivity contribution is 0.102. The number of morpholine rings is 1. The average molecular weight is 380 g/mol. The fourth-order valence-electron chi connectivity index (χ4n) is 3.09. The summed E-state index contributed by atoms with van der Waals surface area (Å²) in [7, 11) is 0. The zero-order chi connectivity index (χ0) is 19.3. The lowest BCUT2D eigenvalue weighted by atomic mass is 10.2. The Labute approximate surface area is 164 Å². The fourth-order valence-corrected chi connectivity index (χ4v) is 3.09. The Balaban J connectivity index is 1.35. The van der Waals surface area contributed by atoms with Crippen molar-refractivity contribution in [3.05, 3.63) is 54.1 Å². The summed E-state index contributed by atoms with van der Waals surface area (Å²) < 4.78 is 5.39. The highest BCUT2D eigenvalue weighted by atomic mass is 16.5. The van der Waals surface area contributed by atoms with Crippen LogP contribution in [-0.4, -0.2) is 44.3 Å². The Hall–Kier alpha value is -3.06. The minimum atomic E-state index is -0.209. The largest absolute Gasteiger partial charge is 0.378 e. The molecule has 3 N–H and O–H groups in total. The molecule has 28 heavy (non-hydrogen) atoms. The number of amides is 3. The monoisotopic (exact) mass is 380 g/mol. The van der Waals surface area contributed by atoms with Crippen molar-refractivity contribution >= 4 is 29.0 Å². The number of rotatable bonds is 5. The number of hydrogen-bond acceptors (Lipinski definition) is 4. The van der Waals surface area contributed by atoms with Crippen LogP contribution in [0.4, 0.5) is 21.9 Å². The van der Waals surface area contributed by atoms with Crippen LogP contribution in [0.25, 0.3) is 0 Å². The molecule has 2 fully saturated rings. The molecule has 2 aromatic carbocycles. The number of benzene rings is 2. The van der Waals surface area contributed by atoms with Gasteiger partial charge in [0, 0.05) is 41.8 Å². The number of hydrogen-bond donors (Lipinski definition) is 3. The maximum atomic E-state index is 12.5. The smallest absolute Gasteiger partial charge is 0.319 e. The second-order valence-corrected chi connectivity index (χ2v) is 7.05. The molecular weight excluding hydrogens is 356 g/mol. The first-order chi connectivity index (χ1) is 13.7. The maximum absolute atomic E-state index is 12.5. The SMILES string of the molecule is O=C(Nc1ccc(C(=O)Nc2cccc(N3CCOCC3)c2)cc1)NC1CC1. The van der Waals surface area contributed by atoms with E-state index in [1.807, 2.05) is 24.3 Å². The summed E-state index contributed by atoms with van der Waals surface area (Å²) in [5.41, 5.74) is 3.01. The van der Waals surface area contributed by atoms with Crippen LogP contribution < -0.4 is 20.9 Å². The Morgan fingerprint density at radius 1 is 0.929 bits per heavy atom. The number of carbonyl (C=O) groups excluding carboxylic acids is 2. The highest BCUT2D eigenvalue weighted by Gasteiger charge is 2.23. The van der Waals surface area contributed by atoms with Gasteiger partial charge in [-0.05, 0) is 55.3 Å². The van der Waals surface area contributed by atoms with Crippen molar-refractivity contribution in [3.63, 3.8) is 0 Å². The summed E-state index contributed by atoms with van der Waals surface area (Å²) in [5.74, 6) is -0.187. The molecule has 4 rings (SSSR count). The topological polar surface area (TPSA) is 82.7 Å². The van der Waals surface area contributed by atoms with Gasteiger partial charge in [0.05, 0.1) is 13.2 Å². The van der Waals surface area contributed by atoms with Crippen LogP contribution >= 0.6 is 0 Å². The average Bonchev–Trinajstić information content (AvgIpc) is 3.53. The van der Waals surface area contributed by atoms with Gasteiger partial charge >= 0.3 is 6.03 Å². The van der Waals surface area contributed by atoms with Crippen LogP contribution in [0.3, 0.4) is 0 Å². The highest BCUT2D eigenvalue weighted by molar-refractivity contribution is 6.04. The molecule has 1 aliphatic heterocycles. The summed E-state index contributed by atoms with van der Waals surface area (Å²) >= 11 is 0. The standard InChI is InChI=1S/C21H24N4O3/c26-20(15-4-6-16(7-5-15)23-21(27)24-17-8-9-17)22-18-2-1-3-19(14-18)25-10-12-28-13-11-25/h1-7,14,17H,8-13H2,(H,22,26)(H2,23,24,27). The summed E-state index contributed by atoms with van der Waals surface area (Å²) in [5, 5.41) is 8.57. The molecule has 1 saturated carbocycles. The van der Waals surface area contributed by atoms with E-state index in [9.17, 15) is 9.59 Å². The first-order valence-electron chi connectivity index (χ1n) is 9.59. The molecule has 2 aliphatic rings. The third-order valence-corrected chi connectivity index (χ3v) is 4.80. The molecule has 7 heteroatoms. The molecular formula is C21H24N4O3. The predicted octanol–water partition coefficient (Wildman–Crippen LogP) is 3.06. The number of ether oxygens (including phenoxy) is 1. The van der Waals surface area contributed by atoms with Crippen LogP contribution in [0.5, 0.6) is 0 Å². The van der Waals surface area contributed by atoms with Crippen LogP contribution in [-0.2, 0) is 4.74 Å². The molecule has 0 bridgehead atoms. The molecule has 3 amide bonds. The molecule has 146 valence electrons. The number of nitrogens with zero attached hydrogens (tertiary/aromatic N) is 1. The van der Waals surface area contributed by atoms with Gasteiger partial charge < -0.3 is 25.6 Å². The zero-order valence-corrected chi connectivity index (χ0v) is 15.6. The second-order valence-electron chi connectivity index (χ2n) is 7.05. The number of nitrogens with one attached hydrogen (secondary N) is 3. The molecule has 0 atom stereocenters. The van der Waals surface area contributed by atoms with Gasteiger partial charge in [0.25, 0.3) is 5.91 Å². The van der Waals surface area contributed by atoms with E-state index in [4.69, 9.17) is 4.74 Å². The molecule has 0 unspecified atom stereocenters. The van der Waals surface area contributed by atoms with Gasteiger partial charge in [0.15, 0.2) is 0 Å². The van der Waals surface area contributed by atoms with E-state index in [-0.39, 0.29) is 11.9 Å². The minimum Gasteiger partial charge on any atom is -0.378 e. The van der Waals surface area contributed by atoms with Gasteiger partial charge in [-0.2, -0.15) is 0 Å². The first-order valence-corrected chi connectivity index (χ1v) is 9.59. The summed E-state index contributed by atoms with van der Waals surface area (Å²) in [4.78, 5) is 26.6. The third-order valence-electron chi connectivity index (χ3n) is 4.80. The van der Waals surface area contributed by atoms with Crippen molar-refractivity contribution in [3.8, 4) is 0 Å². The van der Waals surface area contributed by atoms with Gasteiger partial charge in [-0.25, -0.2) is 4.79 Å². The van der Waals surface area contributed by atoms with Crippen LogP contribution in [0.15, 0.2) is 48.5 Å². The van der Waals surface area contributed by atoms with Crippen molar-refractivity contribution in [2.75, 3.05) is 41.8 Å². The zero-order valence-electron chi connectivity index (χ0n) is 15.6. The first kappa shape index (κ1) is 18.3. The van der Waals surface area contributed by atoms with E-state index in [1.54, 1.807) is 24.3 Å². The van der Waals surface area contributed by atoms with E-state index in [1.165, 1.54) is 0 Å². The Bertz CT molecular complexity index is 843. The third kappa shape index (κ3) is 4.80. The lowest BCUT2D eigenvalue weighted by Gasteiger charge is -2.29. The normalized spacial score (nSPS) is 16.4. The Morgan fingerprint density at radius 2 is 1.68 bits per heavy atom. The summed E-state index contributed by atoms with van der Waals surface area (Å²) in [6.45, 7) is 3.13. The van der Waals surface area contributed by atoms with Crippen LogP contribution in [0, 0.1) is 0 Å². The van der Waals surface area contributed by atoms with Gasteiger partial charge in [-0.15, -0.1) is 0 Å². The van der Waals surface area contributed by atoms with Crippen LogP contribution in [0.2, 0.25) is 0 Å². The molecule has 1 saturated heterocycles. The van der Waals surface area contributed by atoms with E-state index < -0.39 is 0 Å². The van der Waals surface area contributed by atoms with Crippen molar-refractivity contribution < 1.29 is 14.3 Å². The highest BCUT2D eigenvalue weighted by Crippen LogP contribution is 2.22. The van der Waals surface area contributed by atoms with Crippen LogP contribution in [0.1, 0.15) is 23.2 Å². The molecule has 2 aromatic rings. The summed E-state index contributed by atoms with van der Waals surface area (Å²) in [6, 6.07) is 14.8. The van der Waals surface area contributed by atoms with Crippen molar-refractivity contribution in [1.29, 1.82) is 0 Å². The molecule has 1 heterocycles. The second kappa shape index (κ2) is 8.31. The van der Waals surface area contributed by atoms with Crippen molar-refractivity contribution in [2.24, 2.45) is 0 Å². The van der Waals surface area contributed by atoms with Gasteiger partial charge in [-0.3, -0.25) is 4.79 Å². The number of anilines is 3. The molecule has 1 aliphatic carbocycles. The molecule has 7 nitrogen and oxygen atoms in total.